The van der Waals surface area contributed by atoms with E-state index in [1.165, 1.54) is 38.5 Å². The van der Waals surface area contributed by atoms with Gasteiger partial charge < -0.3 is 15.4 Å². The Kier molecular flexibility index (Phi) is 5.11. The summed E-state index contributed by atoms with van der Waals surface area (Å²) in [5.41, 5.74) is 1.85. The second-order valence-corrected chi connectivity index (χ2v) is 8.87. The summed E-state index contributed by atoms with van der Waals surface area (Å²) in [6.45, 7) is 3.42. The minimum atomic E-state index is -0.315. The second kappa shape index (κ2) is 7.53. The number of ether oxygens (including phenoxy) is 1. The van der Waals surface area contributed by atoms with E-state index in [1.54, 1.807) is 19.1 Å². The SMILES string of the molecule is CCOC(=O)c1ccc(CNC(=O)NCC23CC4CC(CC(C4)C2)C3)cc1. The lowest BCUT2D eigenvalue weighted by Gasteiger charge is -2.56. The Balaban J connectivity index is 1.24. The molecule has 1 aromatic carbocycles. The Morgan fingerprint density at radius 2 is 1.59 bits per heavy atom. The molecule has 27 heavy (non-hydrogen) atoms. The third-order valence-electron chi connectivity index (χ3n) is 6.71. The van der Waals surface area contributed by atoms with Gasteiger partial charge in [-0.1, -0.05) is 12.1 Å². The quantitative estimate of drug-likeness (QED) is 0.747. The summed E-state index contributed by atoms with van der Waals surface area (Å²) < 4.78 is 4.98. The highest BCUT2D eigenvalue weighted by molar-refractivity contribution is 5.89. The molecule has 2 N–H and O–H groups in total. The van der Waals surface area contributed by atoms with E-state index in [9.17, 15) is 9.59 Å². The molecule has 2 amide bonds. The van der Waals surface area contributed by atoms with Gasteiger partial charge in [-0.2, -0.15) is 0 Å². The van der Waals surface area contributed by atoms with E-state index in [4.69, 9.17) is 4.74 Å². The lowest BCUT2D eigenvalue weighted by Crippen LogP contribution is -2.52. The predicted molar refractivity (Wildman–Crippen MR) is 103 cm³/mol. The maximum atomic E-state index is 12.3. The number of hydrogen-bond acceptors (Lipinski definition) is 3. The van der Waals surface area contributed by atoms with Crippen molar-refractivity contribution in [2.75, 3.05) is 13.2 Å². The molecule has 0 aromatic heterocycles. The highest BCUT2D eigenvalue weighted by Crippen LogP contribution is 2.59. The summed E-state index contributed by atoms with van der Waals surface area (Å²) >= 11 is 0. The smallest absolute Gasteiger partial charge is 0.338 e. The zero-order chi connectivity index (χ0) is 18.9. The van der Waals surface area contributed by atoms with Gasteiger partial charge >= 0.3 is 12.0 Å². The van der Waals surface area contributed by atoms with Crippen molar-refractivity contribution in [3.63, 3.8) is 0 Å². The number of nitrogens with one attached hydrogen (secondary N) is 2. The first-order chi connectivity index (χ1) is 13.0. The van der Waals surface area contributed by atoms with Gasteiger partial charge in [-0.15, -0.1) is 0 Å². The summed E-state index contributed by atoms with van der Waals surface area (Å²) in [7, 11) is 0. The van der Waals surface area contributed by atoms with Crippen molar-refractivity contribution in [3.8, 4) is 0 Å². The van der Waals surface area contributed by atoms with E-state index in [1.807, 2.05) is 12.1 Å². The van der Waals surface area contributed by atoms with Crippen LogP contribution in [-0.4, -0.2) is 25.2 Å². The number of carbonyl (C=O) groups is 2. The molecule has 4 aliphatic rings. The van der Waals surface area contributed by atoms with E-state index >= 15 is 0 Å². The maximum Gasteiger partial charge on any atom is 0.338 e. The lowest BCUT2D eigenvalue weighted by molar-refractivity contribution is -0.0498. The van der Waals surface area contributed by atoms with Crippen LogP contribution >= 0.6 is 0 Å². The fourth-order valence-corrected chi connectivity index (χ4v) is 5.99. The van der Waals surface area contributed by atoms with E-state index in [0.29, 0.717) is 24.1 Å². The van der Waals surface area contributed by atoms with Crippen LogP contribution in [0.1, 0.15) is 61.4 Å². The van der Waals surface area contributed by atoms with Gasteiger partial charge in [-0.05, 0) is 86.3 Å². The predicted octanol–water partition coefficient (Wildman–Crippen LogP) is 3.88. The zero-order valence-electron chi connectivity index (χ0n) is 16.1. The number of carbonyl (C=O) groups excluding carboxylic acids is 2. The molecule has 1 aromatic rings. The number of urea groups is 1. The summed E-state index contributed by atoms with van der Waals surface area (Å²) in [6.07, 6.45) is 8.17. The monoisotopic (exact) mass is 370 g/mol. The van der Waals surface area contributed by atoms with E-state index in [0.717, 1.165) is 29.9 Å². The van der Waals surface area contributed by atoms with Crippen molar-refractivity contribution in [2.45, 2.75) is 52.0 Å². The molecule has 0 atom stereocenters. The largest absolute Gasteiger partial charge is 0.462 e. The van der Waals surface area contributed by atoms with Crippen LogP contribution in [0.15, 0.2) is 24.3 Å². The van der Waals surface area contributed by atoms with Crippen LogP contribution in [0.3, 0.4) is 0 Å². The maximum absolute atomic E-state index is 12.3. The van der Waals surface area contributed by atoms with Gasteiger partial charge in [0.25, 0.3) is 0 Å². The van der Waals surface area contributed by atoms with Gasteiger partial charge in [0.05, 0.1) is 12.2 Å². The molecular formula is C22H30N2O3. The Morgan fingerprint density at radius 3 is 2.15 bits per heavy atom. The Hall–Kier alpha value is -2.04. The minimum Gasteiger partial charge on any atom is -0.462 e. The van der Waals surface area contributed by atoms with Crippen molar-refractivity contribution >= 4 is 12.0 Å². The standard InChI is InChI=1S/C22H30N2O3/c1-2-27-20(25)19-5-3-15(4-6-19)13-23-21(26)24-14-22-10-16-7-17(11-22)9-18(8-16)12-22/h3-6,16-18H,2,7-14H2,1H3,(H2,23,24,26). The molecule has 0 spiro atoms. The molecule has 5 rings (SSSR count). The van der Waals surface area contributed by atoms with Crippen LogP contribution in [0.5, 0.6) is 0 Å². The Morgan fingerprint density at radius 1 is 1.00 bits per heavy atom. The van der Waals surface area contributed by atoms with Crippen LogP contribution in [0.2, 0.25) is 0 Å². The number of benzene rings is 1. The van der Waals surface area contributed by atoms with Gasteiger partial charge in [-0.25, -0.2) is 9.59 Å². The van der Waals surface area contributed by atoms with Crippen LogP contribution in [-0.2, 0) is 11.3 Å². The van der Waals surface area contributed by atoms with Crippen molar-refractivity contribution in [3.05, 3.63) is 35.4 Å². The van der Waals surface area contributed by atoms with Gasteiger partial charge in [0, 0.05) is 13.1 Å². The first-order valence-corrected chi connectivity index (χ1v) is 10.3. The fraction of sp³-hybridized carbons (Fsp3) is 0.636. The first kappa shape index (κ1) is 18.3. The highest BCUT2D eigenvalue weighted by atomic mass is 16.5. The third-order valence-corrected chi connectivity index (χ3v) is 6.71. The van der Waals surface area contributed by atoms with E-state index < -0.39 is 0 Å². The van der Waals surface area contributed by atoms with Crippen molar-refractivity contribution in [2.24, 2.45) is 23.2 Å². The third kappa shape index (κ3) is 4.12. The molecule has 0 saturated heterocycles. The molecule has 4 bridgehead atoms. The zero-order valence-corrected chi connectivity index (χ0v) is 16.1. The molecule has 5 nitrogen and oxygen atoms in total. The summed E-state index contributed by atoms with van der Waals surface area (Å²) in [6, 6.07) is 7.09. The molecule has 4 saturated carbocycles. The molecule has 0 unspecified atom stereocenters. The topological polar surface area (TPSA) is 67.4 Å². The molecule has 4 fully saturated rings. The Labute approximate surface area is 161 Å². The molecule has 5 heteroatoms. The molecule has 4 aliphatic carbocycles. The number of amides is 2. The molecule has 146 valence electrons. The second-order valence-electron chi connectivity index (χ2n) is 8.87. The van der Waals surface area contributed by atoms with Gasteiger partial charge in [-0.3, -0.25) is 0 Å². The van der Waals surface area contributed by atoms with Crippen molar-refractivity contribution in [1.82, 2.24) is 10.6 Å². The van der Waals surface area contributed by atoms with E-state index in [2.05, 4.69) is 10.6 Å². The van der Waals surface area contributed by atoms with Gasteiger partial charge in [0.15, 0.2) is 0 Å². The number of esters is 1. The van der Waals surface area contributed by atoms with E-state index in [-0.39, 0.29) is 12.0 Å². The summed E-state index contributed by atoms with van der Waals surface area (Å²) in [5.74, 6) is 2.39. The number of rotatable bonds is 6. The minimum absolute atomic E-state index is 0.0970. The normalized spacial score (nSPS) is 30.8. The first-order valence-electron chi connectivity index (χ1n) is 10.3. The molecule has 0 radical (unpaired) electrons. The summed E-state index contributed by atoms with van der Waals surface area (Å²) in [4.78, 5) is 23.9. The summed E-state index contributed by atoms with van der Waals surface area (Å²) in [5, 5.41) is 6.07. The molecular weight excluding hydrogens is 340 g/mol. The van der Waals surface area contributed by atoms with Crippen LogP contribution < -0.4 is 10.6 Å². The van der Waals surface area contributed by atoms with Gasteiger partial charge in [0.1, 0.15) is 0 Å². The van der Waals surface area contributed by atoms with Gasteiger partial charge in [0.2, 0.25) is 0 Å². The van der Waals surface area contributed by atoms with Crippen LogP contribution in [0.4, 0.5) is 4.79 Å². The van der Waals surface area contributed by atoms with Crippen molar-refractivity contribution < 1.29 is 14.3 Å². The average Bonchev–Trinajstić information content (AvgIpc) is 2.64. The van der Waals surface area contributed by atoms with Crippen LogP contribution in [0, 0.1) is 23.2 Å². The fourth-order valence-electron chi connectivity index (χ4n) is 5.99. The van der Waals surface area contributed by atoms with Crippen LogP contribution in [0.25, 0.3) is 0 Å². The lowest BCUT2D eigenvalue weighted by atomic mass is 9.49. The average molecular weight is 370 g/mol. The molecule has 0 aliphatic heterocycles. The number of hydrogen-bond donors (Lipinski definition) is 2. The highest BCUT2D eigenvalue weighted by Gasteiger charge is 2.50. The Bertz CT molecular complexity index is 663. The molecule has 0 heterocycles. The van der Waals surface area contributed by atoms with Crippen molar-refractivity contribution in [1.29, 1.82) is 0 Å².